The monoisotopic (exact) mass is 390 g/mol. The van der Waals surface area contributed by atoms with Gasteiger partial charge >= 0.3 is 0 Å². The third-order valence-corrected chi connectivity index (χ3v) is 6.04. The molecule has 0 unspecified atom stereocenters. The summed E-state index contributed by atoms with van der Waals surface area (Å²) in [5.74, 6) is 1.15. The second-order valence-electron chi connectivity index (χ2n) is 6.83. The lowest BCUT2D eigenvalue weighted by atomic mass is 10.0. The lowest BCUT2D eigenvalue weighted by Crippen LogP contribution is -2.19. The third kappa shape index (κ3) is 2.78. The van der Waals surface area contributed by atoms with E-state index in [1.807, 2.05) is 6.20 Å². The van der Waals surface area contributed by atoms with E-state index in [0.29, 0.717) is 11.8 Å². The zero-order chi connectivity index (χ0) is 16.7. The zero-order valence-electron chi connectivity index (χ0n) is 14.2. The quantitative estimate of drug-likeness (QED) is 0.683. The molecule has 0 spiro atoms. The van der Waals surface area contributed by atoms with Crippen LogP contribution in [0.15, 0.2) is 29.1 Å². The molecule has 5 heteroatoms. The molecule has 0 radical (unpaired) electrons. The fourth-order valence-electron chi connectivity index (χ4n) is 3.83. The Morgan fingerprint density at radius 1 is 1.42 bits per heavy atom. The van der Waals surface area contributed by atoms with E-state index in [4.69, 9.17) is 9.47 Å². The van der Waals surface area contributed by atoms with E-state index >= 15 is 0 Å². The van der Waals surface area contributed by atoms with E-state index in [0.717, 1.165) is 19.4 Å². The lowest BCUT2D eigenvalue weighted by Gasteiger charge is -2.23. The molecule has 2 fully saturated rings. The molecule has 1 saturated heterocycles. The molecule has 1 aliphatic heterocycles. The number of allylic oxidation sites excluding steroid dienone is 1. The SMILES string of the molecule is CO/C=C\[C@H]1C[C@H]1c1c(C)cc2c(cnn2[C@H]2CCCCO2)c1Br. The highest BCUT2D eigenvalue weighted by molar-refractivity contribution is 9.10. The number of halogens is 1. The number of ether oxygens (including phenoxy) is 2. The molecule has 2 heterocycles. The van der Waals surface area contributed by atoms with Gasteiger partial charge in [-0.2, -0.15) is 5.10 Å². The van der Waals surface area contributed by atoms with Crippen molar-refractivity contribution in [2.45, 2.75) is 44.8 Å². The van der Waals surface area contributed by atoms with Gasteiger partial charge in [0, 0.05) is 16.5 Å². The topological polar surface area (TPSA) is 36.3 Å². The van der Waals surface area contributed by atoms with Gasteiger partial charge in [0.15, 0.2) is 6.23 Å². The Labute approximate surface area is 150 Å². The van der Waals surface area contributed by atoms with E-state index in [1.165, 1.54) is 39.3 Å². The summed E-state index contributed by atoms with van der Waals surface area (Å²) in [6.07, 6.45) is 10.6. The normalized spacial score (nSPS) is 27.0. The van der Waals surface area contributed by atoms with Crippen LogP contribution in [0.5, 0.6) is 0 Å². The Bertz CT molecular complexity index is 777. The first-order valence-corrected chi connectivity index (χ1v) is 9.47. The minimum absolute atomic E-state index is 0.0757. The highest BCUT2D eigenvalue weighted by Crippen LogP contribution is 2.53. The second kappa shape index (κ2) is 6.52. The van der Waals surface area contributed by atoms with Gasteiger partial charge in [-0.3, -0.25) is 0 Å². The standard InChI is InChI=1S/C19H23BrN2O2/c1-12-9-16-15(11-21-22(16)17-5-3-4-7-24-17)19(20)18(12)14-10-13(14)6-8-23-2/h6,8-9,11,13-14,17H,3-5,7,10H2,1-2H3/b8-6-/t13-,14+,17+/m0/s1. The predicted molar refractivity (Wildman–Crippen MR) is 98.0 cm³/mol. The summed E-state index contributed by atoms with van der Waals surface area (Å²) in [4.78, 5) is 0. The molecule has 24 heavy (non-hydrogen) atoms. The second-order valence-corrected chi connectivity index (χ2v) is 7.63. The Morgan fingerprint density at radius 2 is 2.29 bits per heavy atom. The number of aryl methyl sites for hydroxylation is 1. The molecule has 0 bridgehead atoms. The van der Waals surface area contributed by atoms with Gasteiger partial charge in [0.1, 0.15) is 0 Å². The van der Waals surface area contributed by atoms with Crippen molar-refractivity contribution in [1.82, 2.24) is 9.78 Å². The number of benzene rings is 1. The average molecular weight is 391 g/mol. The molecule has 4 nitrogen and oxygen atoms in total. The molecule has 1 aliphatic carbocycles. The molecule has 4 rings (SSSR count). The number of rotatable bonds is 4. The summed E-state index contributed by atoms with van der Waals surface area (Å²) in [6, 6.07) is 2.27. The number of methoxy groups -OCH3 is 1. The van der Waals surface area contributed by atoms with Gasteiger partial charge in [-0.05, 0) is 83.6 Å². The van der Waals surface area contributed by atoms with Crippen LogP contribution >= 0.6 is 15.9 Å². The van der Waals surface area contributed by atoms with Crippen LogP contribution in [0, 0.1) is 12.8 Å². The molecule has 1 aromatic heterocycles. The molecular formula is C19H23BrN2O2. The van der Waals surface area contributed by atoms with Crippen molar-refractivity contribution in [3.63, 3.8) is 0 Å². The predicted octanol–water partition coefficient (Wildman–Crippen LogP) is 5.07. The summed E-state index contributed by atoms with van der Waals surface area (Å²) < 4.78 is 14.2. The average Bonchev–Trinajstić information content (AvgIpc) is 3.22. The maximum absolute atomic E-state index is 5.92. The van der Waals surface area contributed by atoms with E-state index in [9.17, 15) is 0 Å². The van der Waals surface area contributed by atoms with Crippen molar-refractivity contribution in [2.75, 3.05) is 13.7 Å². The van der Waals surface area contributed by atoms with E-state index in [1.54, 1.807) is 13.4 Å². The maximum atomic E-state index is 5.92. The first-order valence-electron chi connectivity index (χ1n) is 8.68. The molecule has 0 N–H and O–H groups in total. The van der Waals surface area contributed by atoms with E-state index in [-0.39, 0.29) is 6.23 Å². The van der Waals surface area contributed by atoms with Gasteiger partial charge in [-0.25, -0.2) is 4.68 Å². The number of fused-ring (bicyclic) bond motifs is 1. The molecule has 2 aromatic rings. The van der Waals surface area contributed by atoms with Crippen LogP contribution in [-0.4, -0.2) is 23.5 Å². The van der Waals surface area contributed by atoms with Crippen LogP contribution in [-0.2, 0) is 9.47 Å². The largest absolute Gasteiger partial charge is 0.505 e. The summed E-state index contributed by atoms with van der Waals surface area (Å²) >= 11 is 3.86. The fraction of sp³-hybridized carbons (Fsp3) is 0.526. The minimum Gasteiger partial charge on any atom is -0.505 e. The van der Waals surface area contributed by atoms with Crippen LogP contribution in [0.2, 0.25) is 0 Å². The van der Waals surface area contributed by atoms with Crippen molar-refractivity contribution < 1.29 is 9.47 Å². The maximum Gasteiger partial charge on any atom is 0.150 e. The molecule has 2 aliphatic rings. The van der Waals surface area contributed by atoms with Gasteiger partial charge in [0.2, 0.25) is 0 Å². The first kappa shape index (κ1) is 16.2. The fourth-order valence-corrected chi connectivity index (χ4v) is 4.74. The number of nitrogens with zero attached hydrogens (tertiary/aromatic N) is 2. The van der Waals surface area contributed by atoms with Crippen molar-refractivity contribution in [3.05, 3.63) is 40.2 Å². The van der Waals surface area contributed by atoms with Gasteiger partial charge in [-0.1, -0.05) is 0 Å². The molecule has 128 valence electrons. The van der Waals surface area contributed by atoms with Crippen LogP contribution in [0.25, 0.3) is 10.9 Å². The summed E-state index contributed by atoms with van der Waals surface area (Å²) in [6.45, 7) is 3.04. The van der Waals surface area contributed by atoms with Crippen molar-refractivity contribution in [2.24, 2.45) is 5.92 Å². The van der Waals surface area contributed by atoms with E-state index < -0.39 is 0 Å². The Hall–Kier alpha value is -1.33. The van der Waals surface area contributed by atoms with Crippen molar-refractivity contribution >= 4 is 26.8 Å². The summed E-state index contributed by atoms with van der Waals surface area (Å²) in [7, 11) is 1.70. The number of hydrogen-bond donors (Lipinski definition) is 0. The summed E-state index contributed by atoms with van der Waals surface area (Å²) in [5, 5.41) is 5.82. The molecular weight excluding hydrogens is 368 g/mol. The Balaban J connectivity index is 1.70. The Morgan fingerprint density at radius 3 is 3.04 bits per heavy atom. The van der Waals surface area contributed by atoms with Gasteiger partial charge in [0.05, 0.1) is 25.1 Å². The van der Waals surface area contributed by atoms with Crippen LogP contribution in [0.3, 0.4) is 0 Å². The first-order chi connectivity index (χ1) is 11.7. The summed E-state index contributed by atoms with van der Waals surface area (Å²) in [5.41, 5.74) is 3.90. The van der Waals surface area contributed by atoms with Gasteiger partial charge < -0.3 is 9.47 Å². The van der Waals surface area contributed by atoms with Crippen LogP contribution in [0.1, 0.15) is 49.0 Å². The highest BCUT2D eigenvalue weighted by atomic mass is 79.9. The minimum atomic E-state index is 0.0757. The number of aromatic nitrogens is 2. The van der Waals surface area contributed by atoms with Crippen LogP contribution in [0.4, 0.5) is 0 Å². The van der Waals surface area contributed by atoms with Crippen molar-refractivity contribution in [1.29, 1.82) is 0 Å². The van der Waals surface area contributed by atoms with Crippen LogP contribution < -0.4 is 0 Å². The zero-order valence-corrected chi connectivity index (χ0v) is 15.8. The highest BCUT2D eigenvalue weighted by Gasteiger charge is 2.39. The molecule has 1 aromatic carbocycles. The smallest absolute Gasteiger partial charge is 0.150 e. The molecule has 0 amide bonds. The van der Waals surface area contributed by atoms with Gasteiger partial charge in [-0.15, -0.1) is 0 Å². The molecule has 3 atom stereocenters. The lowest BCUT2D eigenvalue weighted by molar-refractivity contribution is -0.0366. The number of hydrogen-bond acceptors (Lipinski definition) is 3. The molecule has 1 saturated carbocycles. The third-order valence-electron chi connectivity index (χ3n) is 5.19. The van der Waals surface area contributed by atoms with E-state index in [2.05, 4.69) is 44.8 Å². The van der Waals surface area contributed by atoms with Gasteiger partial charge in [0.25, 0.3) is 0 Å². The van der Waals surface area contributed by atoms with Crippen molar-refractivity contribution in [3.8, 4) is 0 Å². The Kier molecular flexibility index (Phi) is 4.39.